The molecule has 0 spiro atoms. The van der Waals surface area contributed by atoms with Gasteiger partial charge in [-0.2, -0.15) is 0 Å². The van der Waals surface area contributed by atoms with Crippen molar-refractivity contribution < 1.29 is 19.5 Å². The van der Waals surface area contributed by atoms with Crippen molar-refractivity contribution in [3.63, 3.8) is 0 Å². The predicted molar refractivity (Wildman–Crippen MR) is 59.3 cm³/mol. The second-order valence-electron chi connectivity index (χ2n) is 3.77. The number of nitrogens with one attached hydrogen (secondary N) is 1. The molecule has 2 rings (SSSR count). The monoisotopic (exact) mass is 234 g/mol. The standard InChI is InChI=1S/C11H10N2O4/c1-13-4-7-6(5-14)2-3-8(12-11(16)17)9(7)10(13)15/h2-3,5,12H,4H2,1H3,(H,16,17). The van der Waals surface area contributed by atoms with Crippen LogP contribution in [-0.4, -0.2) is 35.3 Å². The summed E-state index contributed by atoms with van der Waals surface area (Å²) in [6, 6.07) is 2.93. The minimum Gasteiger partial charge on any atom is -0.465 e. The first-order chi connectivity index (χ1) is 8.04. The summed E-state index contributed by atoms with van der Waals surface area (Å²) >= 11 is 0. The van der Waals surface area contributed by atoms with Crippen LogP contribution in [-0.2, 0) is 6.54 Å². The summed E-state index contributed by atoms with van der Waals surface area (Å²) in [6.07, 6.45) is -0.580. The number of hydrogen-bond acceptors (Lipinski definition) is 3. The molecule has 1 aromatic rings. The Morgan fingerprint density at radius 3 is 2.82 bits per heavy atom. The number of hydrogen-bond donors (Lipinski definition) is 2. The van der Waals surface area contributed by atoms with Gasteiger partial charge < -0.3 is 10.0 Å². The highest BCUT2D eigenvalue weighted by Gasteiger charge is 2.30. The van der Waals surface area contributed by atoms with Crippen LogP contribution in [0.1, 0.15) is 26.3 Å². The van der Waals surface area contributed by atoms with E-state index in [-0.39, 0.29) is 17.2 Å². The average molecular weight is 234 g/mol. The van der Waals surface area contributed by atoms with E-state index in [2.05, 4.69) is 5.32 Å². The number of carbonyl (C=O) groups is 3. The molecule has 2 amide bonds. The second-order valence-corrected chi connectivity index (χ2v) is 3.77. The lowest BCUT2D eigenvalue weighted by Gasteiger charge is -2.07. The number of carboxylic acid groups (broad SMARTS) is 1. The molecule has 1 aromatic carbocycles. The summed E-state index contributed by atoms with van der Waals surface area (Å²) in [5.41, 5.74) is 1.46. The van der Waals surface area contributed by atoms with Crippen molar-refractivity contribution >= 4 is 24.0 Å². The first-order valence-electron chi connectivity index (χ1n) is 4.91. The summed E-state index contributed by atoms with van der Waals surface area (Å²) in [5.74, 6) is -0.285. The average Bonchev–Trinajstić information content (AvgIpc) is 2.56. The van der Waals surface area contributed by atoms with Crippen molar-refractivity contribution in [2.45, 2.75) is 6.54 Å². The zero-order valence-electron chi connectivity index (χ0n) is 9.06. The molecule has 0 radical (unpaired) electrons. The molecule has 0 fully saturated rings. The van der Waals surface area contributed by atoms with Crippen molar-refractivity contribution in [1.29, 1.82) is 0 Å². The Morgan fingerprint density at radius 2 is 2.24 bits per heavy atom. The summed E-state index contributed by atoms with van der Waals surface area (Å²) < 4.78 is 0. The van der Waals surface area contributed by atoms with Crippen LogP contribution in [0.3, 0.4) is 0 Å². The van der Waals surface area contributed by atoms with Gasteiger partial charge in [0.2, 0.25) is 0 Å². The Balaban J connectivity index is 2.59. The molecule has 1 heterocycles. The largest absolute Gasteiger partial charge is 0.465 e. The zero-order valence-corrected chi connectivity index (χ0v) is 9.06. The number of rotatable bonds is 2. The maximum atomic E-state index is 11.8. The van der Waals surface area contributed by atoms with Crippen LogP contribution in [0.25, 0.3) is 0 Å². The van der Waals surface area contributed by atoms with Crippen molar-refractivity contribution in [3.8, 4) is 0 Å². The number of benzene rings is 1. The van der Waals surface area contributed by atoms with E-state index in [0.29, 0.717) is 24.0 Å². The fourth-order valence-electron chi connectivity index (χ4n) is 1.91. The minimum atomic E-state index is -1.24. The van der Waals surface area contributed by atoms with Gasteiger partial charge >= 0.3 is 6.09 Å². The van der Waals surface area contributed by atoms with Crippen molar-refractivity contribution in [3.05, 3.63) is 28.8 Å². The normalized spacial score (nSPS) is 13.5. The van der Waals surface area contributed by atoms with Crippen molar-refractivity contribution in [2.75, 3.05) is 12.4 Å². The third kappa shape index (κ3) is 1.73. The molecule has 0 atom stereocenters. The lowest BCUT2D eigenvalue weighted by molar-refractivity contribution is 0.0817. The van der Waals surface area contributed by atoms with E-state index in [1.807, 2.05) is 0 Å². The van der Waals surface area contributed by atoms with E-state index in [0.717, 1.165) is 0 Å². The summed E-state index contributed by atoms with van der Waals surface area (Å²) in [6.45, 7) is 0.317. The van der Waals surface area contributed by atoms with Gasteiger partial charge in [-0.25, -0.2) is 4.79 Å². The lowest BCUT2D eigenvalue weighted by Crippen LogP contribution is -2.19. The van der Waals surface area contributed by atoms with E-state index in [9.17, 15) is 14.4 Å². The molecule has 2 N–H and O–H groups in total. The van der Waals surface area contributed by atoms with E-state index < -0.39 is 6.09 Å². The van der Waals surface area contributed by atoms with Crippen LogP contribution in [0.4, 0.5) is 10.5 Å². The van der Waals surface area contributed by atoms with Crippen LogP contribution in [0.2, 0.25) is 0 Å². The third-order valence-electron chi connectivity index (χ3n) is 2.67. The van der Waals surface area contributed by atoms with E-state index in [4.69, 9.17) is 5.11 Å². The van der Waals surface area contributed by atoms with Crippen molar-refractivity contribution in [2.24, 2.45) is 0 Å². The number of carbonyl (C=O) groups excluding carboxylic acids is 2. The predicted octanol–water partition coefficient (Wildman–Crippen LogP) is 1.17. The van der Waals surface area contributed by atoms with Crippen LogP contribution in [0.5, 0.6) is 0 Å². The number of aldehydes is 1. The molecular weight excluding hydrogens is 224 g/mol. The quantitative estimate of drug-likeness (QED) is 0.752. The van der Waals surface area contributed by atoms with Gasteiger partial charge in [0.05, 0.1) is 11.3 Å². The van der Waals surface area contributed by atoms with Gasteiger partial charge in [-0.1, -0.05) is 0 Å². The zero-order chi connectivity index (χ0) is 12.6. The minimum absolute atomic E-state index is 0.215. The van der Waals surface area contributed by atoms with Gasteiger partial charge in [-0.3, -0.25) is 14.9 Å². The number of amides is 2. The van der Waals surface area contributed by atoms with Crippen molar-refractivity contribution in [1.82, 2.24) is 4.90 Å². The highest BCUT2D eigenvalue weighted by atomic mass is 16.4. The fourth-order valence-corrected chi connectivity index (χ4v) is 1.91. The van der Waals surface area contributed by atoms with E-state index >= 15 is 0 Å². The Bertz CT molecular complexity index is 524. The van der Waals surface area contributed by atoms with E-state index in [1.54, 1.807) is 7.05 Å². The second kappa shape index (κ2) is 3.89. The Labute approximate surface area is 96.8 Å². The highest BCUT2D eigenvalue weighted by molar-refractivity contribution is 6.07. The molecule has 0 unspecified atom stereocenters. The highest BCUT2D eigenvalue weighted by Crippen LogP contribution is 2.30. The molecule has 17 heavy (non-hydrogen) atoms. The van der Waals surface area contributed by atoms with Gasteiger partial charge in [-0.05, 0) is 17.7 Å². The summed E-state index contributed by atoms with van der Waals surface area (Å²) in [4.78, 5) is 34.7. The van der Waals surface area contributed by atoms with E-state index in [1.165, 1.54) is 17.0 Å². The van der Waals surface area contributed by atoms with Gasteiger partial charge in [0, 0.05) is 19.2 Å². The summed E-state index contributed by atoms with van der Waals surface area (Å²) in [7, 11) is 1.60. The number of anilines is 1. The molecule has 0 aromatic heterocycles. The molecule has 0 aliphatic carbocycles. The third-order valence-corrected chi connectivity index (χ3v) is 2.67. The molecule has 1 aliphatic rings. The fraction of sp³-hybridized carbons (Fsp3) is 0.182. The Hall–Kier alpha value is -2.37. The topological polar surface area (TPSA) is 86.7 Å². The van der Waals surface area contributed by atoms with Gasteiger partial charge in [0.25, 0.3) is 5.91 Å². The number of nitrogens with zero attached hydrogens (tertiary/aromatic N) is 1. The molecule has 88 valence electrons. The lowest BCUT2D eigenvalue weighted by atomic mass is 10.0. The molecular formula is C11H10N2O4. The van der Waals surface area contributed by atoms with Gasteiger partial charge in [-0.15, -0.1) is 0 Å². The Kier molecular flexibility index (Phi) is 2.55. The molecule has 1 aliphatic heterocycles. The van der Waals surface area contributed by atoms with Gasteiger partial charge in [0.15, 0.2) is 0 Å². The first kappa shape index (κ1) is 11.1. The SMILES string of the molecule is CN1Cc2c(C=O)ccc(NC(=O)O)c2C1=O. The molecule has 0 saturated heterocycles. The van der Waals surface area contributed by atoms with Gasteiger partial charge in [0.1, 0.15) is 6.29 Å². The first-order valence-corrected chi connectivity index (χ1v) is 4.91. The number of fused-ring (bicyclic) bond motifs is 1. The smallest absolute Gasteiger partial charge is 0.409 e. The molecule has 0 saturated carbocycles. The molecule has 6 nitrogen and oxygen atoms in total. The maximum Gasteiger partial charge on any atom is 0.409 e. The molecule has 6 heteroatoms. The van der Waals surface area contributed by atoms with Crippen LogP contribution in [0.15, 0.2) is 12.1 Å². The van der Waals surface area contributed by atoms with Crippen LogP contribution < -0.4 is 5.32 Å². The van der Waals surface area contributed by atoms with Crippen LogP contribution in [0, 0.1) is 0 Å². The molecule has 0 bridgehead atoms. The maximum absolute atomic E-state index is 11.8. The van der Waals surface area contributed by atoms with Crippen LogP contribution >= 0.6 is 0 Å². The Morgan fingerprint density at radius 1 is 1.53 bits per heavy atom. The summed E-state index contributed by atoms with van der Waals surface area (Å²) in [5, 5.41) is 10.8.